The van der Waals surface area contributed by atoms with E-state index in [-0.39, 0.29) is 60.2 Å². The summed E-state index contributed by atoms with van der Waals surface area (Å²) in [6.07, 6.45) is 1.01. The molecular weight excluding hydrogens is 530 g/mol. The van der Waals surface area contributed by atoms with E-state index in [0.717, 1.165) is 35.2 Å². The monoisotopic (exact) mass is 563 g/mol. The summed E-state index contributed by atoms with van der Waals surface area (Å²) in [7, 11) is 1.56. The number of nitrogens with zero attached hydrogens (tertiary/aromatic N) is 2. The number of amides is 3. The number of nitrogens with one attached hydrogen (secondary N) is 3. The van der Waals surface area contributed by atoms with Gasteiger partial charge in [0.05, 0.1) is 20.2 Å². The van der Waals surface area contributed by atoms with Gasteiger partial charge in [0.25, 0.3) is 5.91 Å². The summed E-state index contributed by atoms with van der Waals surface area (Å²) < 4.78 is 5.29. The minimum Gasteiger partial charge on any atom is -0.496 e. The molecule has 1 aromatic carbocycles. The first-order chi connectivity index (χ1) is 17.6. The third kappa shape index (κ3) is 7.78. The molecule has 1 fully saturated rings. The Kier molecular flexibility index (Phi) is 11.3. The highest BCUT2D eigenvalue weighted by molar-refractivity contribution is 7.12. The lowest BCUT2D eigenvalue weighted by molar-refractivity contribution is -0.131. The number of H-pyrrole nitrogens is 1. The molecule has 1 unspecified atom stereocenters. The number of aromatic nitrogens is 2. The molecule has 1 atom stereocenters. The molecule has 0 radical (unpaired) electrons. The van der Waals surface area contributed by atoms with E-state index in [0.29, 0.717) is 11.4 Å². The van der Waals surface area contributed by atoms with E-state index < -0.39 is 5.91 Å². The minimum absolute atomic E-state index is 0. The number of thiazole rings is 1. The van der Waals surface area contributed by atoms with E-state index in [4.69, 9.17) is 16.3 Å². The number of hydrogen-bond acceptors (Lipinski definition) is 7. The first kappa shape index (κ1) is 30.8. The van der Waals surface area contributed by atoms with E-state index in [2.05, 4.69) is 20.6 Å². The van der Waals surface area contributed by atoms with Crippen molar-refractivity contribution in [2.75, 3.05) is 26.7 Å². The lowest BCUT2D eigenvalue weighted by atomic mass is 10.1. The van der Waals surface area contributed by atoms with Crippen molar-refractivity contribution < 1.29 is 23.9 Å². The summed E-state index contributed by atoms with van der Waals surface area (Å²) in [5, 5.41) is 8.15. The van der Waals surface area contributed by atoms with Crippen molar-refractivity contribution in [2.24, 2.45) is 5.92 Å². The Bertz CT molecular complexity index is 1290. The summed E-state index contributed by atoms with van der Waals surface area (Å²) in [6, 6.07) is 6.89. The fourth-order valence-corrected chi connectivity index (χ4v) is 4.54. The van der Waals surface area contributed by atoms with Gasteiger partial charge in [-0.15, -0.1) is 11.3 Å². The summed E-state index contributed by atoms with van der Waals surface area (Å²) >= 11 is 6.89. The number of halogens is 1. The van der Waals surface area contributed by atoms with Crippen LogP contribution in [0.25, 0.3) is 10.9 Å². The zero-order valence-corrected chi connectivity index (χ0v) is 22.7. The molecule has 0 spiro atoms. The van der Waals surface area contributed by atoms with Crippen molar-refractivity contribution in [3.63, 3.8) is 0 Å². The molecule has 0 saturated carbocycles. The molecule has 3 aromatic rings. The molecule has 12 heteroatoms. The smallest absolute Gasteiger partial charge is 0.268 e. The first-order valence-corrected chi connectivity index (χ1v) is 13.0. The maximum absolute atomic E-state index is 12.7. The number of ether oxygens (including phenoxy) is 1. The van der Waals surface area contributed by atoms with Crippen molar-refractivity contribution in [3.8, 4) is 5.75 Å². The molecule has 0 bridgehead atoms. The number of rotatable bonds is 8. The highest BCUT2D eigenvalue weighted by Crippen LogP contribution is 2.26. The Morgan fingerprint density at radius 3 is 2.58 bits per heavy atom. The standard InChI is InChI=1S/C20H21ClN4O4S.C5H9NO.CH4/c1-11(2)25(9-15(26)20-24-17(21)10-30-20)18(27)8-22-19(28)14-7-12-13(23-14)5-4-6-16(12)29-3;1-4-2-3-6-5(4)7;/h4-7,10-11,23H,8-9H2,1-3H3,(H,22,28);4H,2-3H2,1H3,(H,6,7);1H4. The third-order valence-corrected chi connectivity index (χ3v) is 6.99. The van der Waals surface area contributed by atoms with Crippen LogP contribution in [0.5, 0.6) is 5.75 Å². The van der Waals surface area contributed by atoms with E-state index in [1.54, 1.807) is 38.5 Å². The average molecular weight is 564 g/mol. The molecular formula is C26H34ClN5O5S. The number of hydrogen-bond donors (Lipinski definition) is 3. The van der Waals surface area contributed by atoms with E-state index in [9.17, 15) is 19.2 Å². The minimum atomic E-state index is -0.427. The number of methoxy groups -OCH3 is 1. The maximum Gasteiger partial charge on any atom is 0.268 e. The summed E-state index contributed by atoms with van der Waals surface area (Å²) in [5.74, 6) is 0.0139. The molecule has 3 heterocycles. The van der Waals surface area contributed by atoms with E-state index >= 15 is 0 Å². The number of carbonyl (C=O) groups excluding carboxylic acids is 4. The van der Waals surface area contributed by atoms with Gasteiger partial charge in [-0.05, 0) is 38.5 Å². The van der Waals surface area contributed by atoms with Crippen molar-refractivity contribution in [1.29, 1.82) is 0 Å². The van der Waals surface area contributed by atoms with Crippen LogP contribution >= 0.6 is 22.9 Å². The van der Waals surface area contributed by atoms with Crippen molar-refractivity contribution in [2.45, 2.75) is 40.7 Å². The number of aromatic amines is 1. The second-order valence-electron chi connectivity index (χ2n) is 8.78. The largest absolute Gasteiger partial charge is 0.496 e. The molecule has 4 rings (SSSR count). The summed E-state index contributed by atoms with van der Waals surface area (Å²) in [5.41, 5.74) is 1.06. The molecule has 0 aliphatic carbocycles. The number of benzene rings is 1. The van der Waals surface area contributed by atoms with E-state index in [1.807, 2.05) is 19.1 Å². The van der Waals surface area contributed by atoms with Gasteiger partial charge in [-0.25, -0.2) is 4.98 Å². The molecule has 1 saturated heterocycles. The zero-order valence-electron chi connectivity index (χ0n) is 21.1. The number of ketones is 1. The summed E-state index contributed by atoms with van der Waals surface area (Å²) in [4.78, 5) is 56.4. The molecule has 10 nitrogen and oxygen atoms in total. The number of fused-ring (bicyclic) bond motifs is 1. The number of Topliss-reactive ketones (excluding diaryl/α,β-unsaturated/α-hetero) is 1. The molecule has 3 amide bonds. The SMILES string of the molecule is C.CC1CCNC1=O.COc1cccc2[nH]c(C(=O)NCC(=O)N(CC(=O)c3nc(Cl)cs3)C(C)C)cc12. The van der Waals surface area contributed by atoms with Crippen LogP contribution in [0.15, 0.2) is 29.6 Å². The highest BCUT2D eigenvalue weighted by Gasteiger charge is 2.23. The van der Waals surface area contributed by atoms with Gasteiger partial charge in [0.15, 0.2) is 5.01 Å². The normalized spacial score (nSPS) is 14.3. The molecule has 2 aromatic heterocycles. The third-order valence-electron chi connectivity index (χ3n) is 5.79. The van der Waals surface area contributed by atoms with E-state index in [1.165, 1.54) is 4.90 Å². The van der Waals surface area contributed by atoms with Crippen LogP contribution in [0.1, 0.15) is 54.9 Å². The quantitative estimate of drug-likeness (QED) is 0.356. The molecule has 3 N–H and O–H groups in total. The molecule has 206 valence electrons. The molecule has 38 heavy (non-hydrogen) atoms. The Labute approximate surface area is 231 Å². The van der Waals surface area contributed by atoms with Crippen molar-refractivity contribution in [1.82, 2.24) is 25.5 Å². The lowest BCUT2D eigenvalue weighted by Crippen LogP contribution is -2.46. The fraction of sp³-hybridized carbons (Fsp3) is 0.423. The van der Waals surface area contributed by atoms with Gasteiger partial charge in [-0.1, -0.05) is 32.0 Å². The van der Waals surface area contributed by atoms with Gasteiger partial charge in [-0.3, -0.25) is 19.2 Å². The Balaban J connectivity index is 0.000000549. The lowest BCUT2D eigenvalue weighted by Gasteiger charge is -2.25. The van der Waals surface area contributed by atoms with Crippen molar-refractivity contribution >= 4 is 57.3 Å². The van der Waals surface area contributed by atoms with Gasteiger partial charge in [0.2, 0.25) is 17.6 Å². The molecule has 1 aliphatic rings. The van der Waals surface area contributed by atoms with Crippen LogP contribution in [0.3, 0.4) is 0 Å². The predicted octanol–water partition coefficient (Wildman–Crippen LogP) is 3.91. The second kappa shape index (κ2) is 13.9. The van der Waals surface area contributed by atoms with Gasteiger partial charge in [0.1, 0.15) is 16.6 Å². The Morgan fingerprint density at radius 1 is 1.32 bits per heavy atom. The first-order valence-electron chi connectivity index (χ1n) is 11.8. The maximum atomic E-state index is 12.7. The van der Waals surface area contributed by atoms with Crippen LogP contribution in [0.2, 0.25) is 5.15 Å². The Hall–Kier alpha value is -3.44. The average Bonchev–Trinajstić information content (AvgIpc) is 3.60. The zero-order chi connectivity index (χ0) is 27.1. The summed E-state index contributed by atoms with van der Waals surface area (Å²) in [6.45, 7) is 6.04. The van der Waals surface area contributed by atoms with Crippen LogP contribution in [-0.2, 0) is 9.59 Å². The van der Waals surface area contributed by atoms with Crippen LogP contribution in [0, 0.1) is 5.92 Å². The van der Waals surface area contributed by atoms with Gasteiger partial charge in [-0.2, -0.15) is 0 Å². The van der Waals surface area contributed by atoms with Crippen LogP contribution in [-0.4, -0.2) is 71.2 Å². The van der Waals surface area contributed by atoms with Gasteiger partial charge in [0, 0.05) is 34.8 Å². The highest BCUT2D eigenvalue weighted by atomic mass is 35.5. The van der Waals surface area contributed by atoms with Gasteiger partial charge >= 0.3 is 0 Å². The predicted molar refractivity (Wildman–Crippen MR) is 149 cm³/mol. The van der Waals surface area contributed by atoms with Crippen LogP contribution in [0.4, 0.5) is 0 Å². The van der Waals surface area contributed by atoms with Crippen LogP contribution < -0.4 is 15.4 Å². The second-order valence-corrected chi connectivity index (χ2v) is 10.0. The fourth-order valence-electron chi connectivity index (χ4n) is 3.66. The molecule has 1 aliphatic heterocycles. The number of carbonyl (C=O) groups is 4. The topological polar surface area (TPSA) is 133 Å². The van der Waals surface area contributed by atoms with Crippen molar-refractivity contribution in [3.05, 3.63) is 45.5 Å². The Morgan fingerprint density at radius 2 is 2.05 bits per heavy atom. The van der Waals surface area contributed by atoms with Gasteiger partial charge < -0.3 is 25.3 Å².